The van der Waals surface area contributed by atoms with E-state index in [-0.39, 0.29) is 11.8 Å². The molecule has 1 aliphatic rings. The van der Waals surface area contributed by atoms with Gasteiger partial charge in [0.2, 0.25) is 11.8 Å². The number of carbonyl (C=O) groups is 2. The first-order valence-corrected chi connectivity index (χ1v) is 8.78. The first-order valence-electron chi connectivity index (χ1n) is 8.78. The topological polar surface area (TPSA) is 49.4 Å². The van der Waals surface area contributed by atoms with Crippen molar-refractivity contribution in [3.05, 3.63) is 59.2 Å². The van der Waals surface area contributed by atoms with Crippen molar-refractivity contribution in [2.75, 3.05) is 16.8 Å². The number of rotatable bonds is 4. The summed E-state index contributed by atoms with van der Waals surface area (Å²) in [5.74, 6) is -0.954. The van der Waals surface area contributed by atoms with E-state index in [1.54, 1.807) is 4.90 Å². The van der Waals surface area contributed by atoms with E-state index in [2.05, 4.69) is 12.2 Å². The van der Waals surface area contributed by atoms with Crippen LogP contribution in [0, 0.1) is 19.8 Å². The van der Waals surface area contributed by atoms with Crippen LogP contribution >= 0.6 is 0 Å². The lowest BCUT2D eigenvalue weighted by molar-refractivity contribution is -0.129. The third-order valence-corrected chi connectivity index (χ3v) is 5.04. The molecular weight excluding hydrogens is 312 g/mol. The van der Waals surface area contributed by atoms with E-state index in [9.17, 15) is 9.59 Å². The molecule has 4 nitrogen and oxygen atoms in total. The summed E-state index contributed by atoms with van der Waals surface area (Å²) in [7, 11) is 0. The van der Waals surface area contributed by atoms with Gasteiger partial charge in [0.25, 0.3) is 0 Å². The van der Waals surface area contributed by atoms with Crippen LogP contribution in [-0.2, 0) is 16.0 Å². The zero-order chi connectivity index (χ0) is 18.0. The zero-order valence-corrected chi connectivity index (χ0v) is 15.0. The van der Waals surface area contributed by atoms with Gasteiger partial charge in [-0.25, -0.2) is 0 Å². The predicted octanol–water partition coefficient (Wildman–Crippen LogP) is 3.86. The first-order chi connectivity index (χ1) is 12.0. The number of benzene rings is 2. The molecule has 0 spiro atoms. The Morgan fingerprint density at radius 1 is 1.16 bits per heavy atom. The summed E-state index contributed by atoms with van der Waals surface area (Å²) in [4.78, 5) is 27.0. The van der Waals surface area contributed by atoms with E-state index in [4.69, 9.17) is 0 Å². The van der Waals surface area contributed by atoms with E-state index in [0.29, 0.717) is 13.0 Å². The molecule has 130 valence electrons. The van der Waals surface area contributed by atoms with Crippen molar-refractivity contribution in [3.8, 4) is 0 Å². The van der Waals surface area contributed by atoms with Gasteiger partial charge in [0.05, 0.1) is 0 Å². The van der Waals surface area contributed by atoms with Gasteiger partial charge in [0, 0.05) is 17.9 Å². The van der Waals surface area contributed by atoms with Gasteiger partial charge < -0.3 is 10.2 Å². The quantitative estimate of drug-likeness (QED) is 0.862. The smallest absolute Gasteiger partial charge is 0.239 e. The van der Waals surface area contributed by atoms with Crippen molar-refractivity contribution in [2.24, 2.45) is 5.92 Å². The average Bonchev–Trinajstić information content (AvgIpc) is 3.00. The maximum atomic E-state index is 12.7. The summed E-state index contributed by atoms with van der Waals surface area (Å²) in [5, 5.41) is 2.93. The van der Waals surface area contributed by atoms with Gasteiger partial charge >= 0.3 is 0 Å². The Kier molecular flexibility index (Phi) is 4.88. The number of amides is 2. The third kappa shape index (κ3) is 3.43. The highest BCUT2D eigenvalue weighted by Gasteiger charge is 2.37. The minimum absolute atomic E-state index is 0.118. The van der Waals surface area contributed by atoms with Gasteiger partial charge in [0.15, 0.2) is 0 Å². The minimum atomic E-state index is -0.620. The average molecular weight is 336 g/mol. The number of anilines is 2. The molecule has 0 aromatic heterocycles. The van der Waals surface area contributed by atoms with Crippen LogP contribution in [0.25, 0.3) is 0 Å². The number of carbonyl (C=O) groups excluding carboxylic acids is 2. The summed E-state index contributed by atoms with van der Waals surface area (Å²) >= 11 is 0. The van der Waals surface area contributed by atoms with Gasteiger partial charge in [-0.05, 0) is 61.6 Å². The second-order valence-corrected chi connectivity index (χ2v) is 6.59. The molecule has 3 rings (SSSR count). The number of nitrogens with one attached hydrogen (secondary N) is 1. The fourth-order valence-electron chi connectivity index (χ4n) is 3.20. The SMILES string of the molecule is CCc1ccc(N2CCC(C(=O)Nc3cccc(C)c3C)C2=O)cc1. The highest BCUT2D eigenvalue weighted by Crippen LogP contribution is 2.27. The molecular formula is C21H24N2O2. The van der Waals surface area contributed by atoms with Crippen LogP contribution in [-0.4, -0.2) is 18.4 Å². The van der Waals surface area contributed by atoms with Crippen LogP contribution in [0.5, 0.6) is 0 Å². The molecule has 4 heteroatoms. The number of aryl methyl sites for hydroxylation is 2. The molecule has 2 aromatic carbocycles. The highest BCUT2D eigenvalue weighted by molar-refractivity contribution is 6.13. The van der Waals surface area contributed by atoms with Crippen LogP contribution in [0.2, 0.25) is 0 Å². The molecule has 2 amide bonds. The van der Waals surface area contributed by atoms with Crippen molar-refractivity contribution in [3.63, 3.8) is 0 Å². The Hall–Kier alpha value is -2.62. The predicted molar refractivity (Wildman–Crippen MR) is 101 cm³/mol. The molecule has 1 unspecified atom stereocenters. The van der Waals surface area contributed by atoms with Crippen LogP contribution in [0.3, 0.4) is 0 Å². The Balaban J connectivity index is 1.72. The van der Waals surface area contributed by atoms with E-state index in [0.717, 1.165) is 28.9 Å². The van der Waals surface area contributed by atoms with E-state index in [1.165, 1.54) is 5.56 Å². The molecule has 0 bridgehead atoms. The van der Waals surface area contributed by atoms with Gasteiger partial charge in [-0.3, -0.25) is 9.59 Å². The lowest BCUT2D eigenvalue weighted by Crippen LogP contribution is -2.33. The maximum Gasteiger partial charge on any atom is 0.239 e. The summed E-state index contributed by atoms with van der Waals surface area (Å²) < 4.78 is 0. The Morgan fingerprint density at radius 3 is 2.56 bits per heavy atom. The molecule has 1 atom stereocenters. The minimum Gasteiger partial charge on any atom is -0.325 e. The fraction of sp³-hybridized carbons (Fsp3) is 0.333. The largest absolute Gasteiger partial charge is 0.325 e. The van der Waals surface area contributed by atoms with Gasteiger partial charge in [-0.15, -0.1) is 0 Å². The molecule has 1 heterocycles. The normalized spacial score (nSPS) is 17.0. The van der Waals surface area contributed by atoms with E-state index >= 15 is 0 Å². The van der Waals surface area contributed by atoms with Crippen LogP contribution in [0.4, 0.5) is 11.4 Å². The second kappa shape index (κ2) is 7.09. The second-order valence-electron chi connectivity index (χ2n) is 6.59. The molecule has 1 aliphatic heterocycles. The molecule has 0 aliphatic carbocycles. The molecule has 25 heavy (non-hydrogen) atoms. The van der Waals surface area contributed by atoms with Gasteiger partial charge in [-0.1, -0.05) is 31.2 Å². The van der Waals surface area contributed by atoms with E-state index in [1.807, 2.05) is 56.3 Å². The van der Waals surface area contributed by atoms with Crippen molar-refractivity contribution in [1.29, 1.82) is 0 Å². The summed E-state index contributed by atoms with van der Waals surface area (Å²) in [6.07, 6.45) is 1.51. The summed E-state index contributed by atoms with van der Waals surface area (Å²) in [5.41, 5.74) is 5.04. The first kappa shape index (κ1) is 17.2. The number of nitrogens with zero attached hydrogens (tertiary/aromatic N) is 1. The van der Waals surface area contributed by atoms with E-state index < -0.39 is 5.92 Å². The molecule has 1 N–H and O–H groups in total. The lowest BCUT2D eigenvalue weighted by Gasteiger charge is -2.17. The third-order valence-electron chi connectivity index (χ3n) is 5.04. The van der Waals surface area contributed by atoms with Crippen molar-refractivity contribution < 1.29 is 9.59 Å². The molecule has 1 saturated heterocycles. The van der Waals surface area contributed by atoms with Crippen molar-refractivity contribution in [2.45, 2.75) is 33.6 Å². The Morgan fingerprint density at radius 2 is 1.88 bits per heavy atom. The molecule has 2 aromatic rings. The van der Waals surface area contributed by atoms with Crippen molar-refractivity contribution in [1.82, 2.24) is 0 Å². The summed E-state index contributed by atoms with van der Waals surface area (Å²) in [6, 6.07) is 13.8. The standard InChI is InChI=1S/C21H24N2O2/c1-4-16-8-10-17(11-9-16)23-13-12-18(21(23)25)20(24)22-19-7-5-6-14(2)15(19)3/h5-11,18H,4,12-13H2,1-3H3,(H,22,24). The monoisotopic (exact) mass is 336 g/mol. The zero-order valence-electron chi connectivity index (χ0n) is 15.0. The molecule has 0 radical (unpaired) electrons. The van der Waals surface area contributed by atoms with Gasteiger partial charge in [0.1, 0.15) is 5.92 Å². The van der Waals surface area contributed by atoms with Crippen LogP contribution < -0.4 is 10.2 Å². The summed E-state index contributed by atoms with van der Waals surface area (Å²) in [6.45, 7) is 6.66. The van der Waals surface area contributed by atoms with Crippen LogP contribution in [0.1, 0.15) is 30.0 Å². The Labute approximate surface area is 148 Å². The molecule has 0 saturated carbocycles. The molecule has 1 fully saturated rings. The number of hydrogen-bond acceptors (Lipinski definition) is 2. The Bertz CT molecular complexity index is 796. The maximum absolute atomic E-state index is 12.7. The fourth-order valence-corrected chi connectivity index (χ4v) is 3.20. The lowest BCUT2D eigenvalue weighted by atomic mass is 10.1. The van der Waals surface area contributed by atoms with Crippen molar-refractivity contribution >= 4 is 23.2 Å². The van der Waals surface area contributed by atoms with Crippen LogP contribution in [0.15, 0.2) is 42.5 Å². The number of hydrogen-bond donors (Lipinski definition) is 1. The van der Waals surface area contributed by atoms with Gasteiger partial charge in [-0.2, -0.15) is 0 Å². The highest BCUT2D eigenvalue weighted by atomic mass is 16.2.